The van der Waals surface area contributed by atoms with Gasteiger partial charge < -0.3 is 4.90 Å². The quantitative estimate of drug-likeness (QED) is 0.453. The van der Waals surface area contributed by atoms with E-state index in [0.717, 1.165) is 17.1 Å². The number of nitrogens with zero attached hydrogens (tertiary/aromatic N) is 1. The summed E-state index contributed by atoms with van der Waals surface area (Å²) >= 11 is 3.24. The first-order valence-corrected chi connectivity index (χ1v) is 8.73. The zero-order chi connectivity index (χ0) is 16.9. The standard InChI is InChI=1S/C21H17BrFN/c1-21(2)15-7-3-5-9-19(15)24(20-10-6-4-8-16(20)21)14-11-12-17(22)18(23)13-14/h3-13H,1-2H3. The van der Waals surface area contributed by atoms with Crippen molar-refractivity contribution in [1.82, 2.24) is 0 Å². The first-order chi connectivity index (χ1) is 11.5. The minimum atomic E-state index is -0.257. The van der Waals surface area contributed by atoms with Crippen molar-refractivity contribution in [1.29, 1.82) is 0 Å². The van der Waals surface area contributed by atoms with E-state index in [1.807, 2.05) is 18.2 Å². The van der Waals surface area contributed by atoms with Gasteiger partial charge in [-0.15, -0.1) is 0 Å². The number of halogens is 2. The lowest BCUT2D eigenvalue weighted by Crippen LogP contribution is -2.30. The van der Waals surface area contributed by atoms with Gasteiger partial charge in [-0.2, -0.15) is 0 Å². The molecule has 4 rings (SSSR count). The molecular weight excluding hydrogens is 365 g/mol. The second-order valence-electron chi connectivity index (χ2n) is 6.59. The minimum Gasteiger partial charge on any atom is -0.310 e. The van der Waals surface area contributed by atoms with Crippen LogP contribution in [-0.4, -0.2) is 0 Å². The largest absolute Gasteiger partial charge is 0.310 e. The summed E-state index contributed by atoms with van der Waals surface area (Å²) in [5.41, 5.74) is 5.41. The number of hydrogen-bond acceptors (Lipinski definition) is 1. The molecule has 0 bridgehead atoms. The Balaban J connectivity index is 2.03. The fourth-order valence-electron chi connectivity index (χ4n) is 3.57. The lowest BCUT2D eigenvalue weighted by Gasteiger charge is -2.42. The van der Waals surface area contributed by atoms with Crippen molar-refractivity contribution in [2.24, 2.45) is 0 Å². The molecule has 0 saturated carbocycles. The molecule has 0 atom stereocenters. The second-order valence-corrected chi connectivity index (χ2v) is 7.45. The Labute approximate surface area is 149 Å². The molecule has 24 heavy (non-hydrogen) atoms. The molecule has 0 aromatic heterocycles. The third-order valence-corrected chi connectivity index (χ3v) is 5.44. The molecule has 120 valence electrons. The van der Waals surface area contributed by atoms with Crippen molar-refractivity contribution in [2.45, 2.75) is 19.3 Å². The molecule has 3 aromatic rings. The summed E-state index contributed by atoms with van der Waals surface area (Å²) in [6, 6.07) is 22.0. The molecule has 0 spiro atoms. The topological polar surface area (TPSA) is 3.24 Å². The second kappa shape index (κ2) is 5.45. The van der Waals surface area contributed by atoms with Gasteiger partial charge in [0.25, 0.3) is 0 Å². The van der Waals surface area contributed by atoms with E-state index in [2.05, 4.69) is 71.1 Å². The number of para-hydroxylation sites is 2. The predicted molar refractivity (Wildman–Crippen MR) is 101 cm³/mol. The van der Waals surface area contributed by atoms with E-state index < -0.39 is 0 Å². The van der Waals surface area contributed by atoms with Crippen molar-refractivity contribution < 1.29 is 4.39 Å². The molecule has 0 unspecified atom stereocenters. The molecule has 1 heterocycles. The molecule has 0 fully saturated rings. The zero-order valence-electron chi connectivity index (χ0n) is 13.6. The molecular formula is C21H17BrFN. The summed E-state index contributed by atoms with van der Waals surface area (Å²) in [6.07, 6.45) is 0. The van der Waals surface area contributed by atoms with Crippen LogP contribution in [0.4, 0.5) is 21.5 Å². The Kier molecular flexibility index (Phi) is 3.50. The molecule has 0 radical (unpaired) electrons. The molecule has 0 aliphatic carbocycles. The predicted octanol–water partition coefficient (Wildman–Crippen LogP) is 6.70. The van der Waals surface area contributed by atoms with E-state index in [-0.39, 0.29) is 11.2 Å². The van der Waals surface area contributed by atoms with Crippen molar-refractivity contribution in [3.05, 3.63) is 88.1 Å². The number of hydrogen-bond donors (Lipinski definition) is 0. The van der Waals surface area contributed by atoms with Crippen LogP contribution in [-0.2, 0) is 5.41 Å². The minimum absolute atomic E-state index is 0.0996. The van der Waals surface area contributed by atoms with Gasteiger partial charge in [0, 0.05) is 11.1 Å². The highest BCUT2D eigenvalue weighted by atomic mass is 79.9. The van der Waals surface area contributed by atoms with Crippen LogP contribution >= 0.6 is 15.9 Å². The van der Waals surface area contributed by atoms with Gasteiger partial charge in [0.05, 0.1) is 15.8 Å². The van der Waals surface area contributed by atoms with Crippen LogP contribution < -0.4 is 4.90 Å². The van der Waals surface area contributed by atoms with Crippen LogP contribution in [0, 0.1) is 5.82 Å². The highest BCUT2D eigenvalue weighted by Gasteiger charge is 2.36. The summed E-state index contributed by atoms with van der Waals surface area (Å²) in [5.74, 6) is -0.257. The summed E-state index contributed by atoms with van der Waals surface area (Å²) in [7, 11) is 0. The van der Waals surface area contributed by atoms with E-state index in [1.54, 1.807) is 12.1 Å². The smallest absolute Gasteiger partial charge is 0.139 e. The van der Waals surface area contributed by atoms with Crippen LogP contribution in [0.3, 0.4) is 0 Å². The van der Waals surface area contributed by atoms with E-state index in [1.165, 1.54) is 11.1 Å². The first kappa shape index (κ1) is 15.4. The van der Waals surface area contributed by atoms with Gasteiger partial charge >= 0.3 is 0 Å². The summed E-state index contributed by atoms with van der Waals surface area (Å²) in [6.45, 7) is 4.48. The maximum absolute atomic E-state index is 14.2. The SMILES string of the molecule is CC1(C)c2ccccc2N(c2ccc(Br)c(F)c2)c2ccccc21. The van der Waals surface area contributed by atoms with Gasteiger partial charge in [0.15, 0.2) is 0 Å². The number of benzene rings is 3. The molecule has 0 N–H and O–H groups in total. The van der Waals surface area contributed by atoms with Crippen LogP contribution in [0.15, 0.2) is 71.2 Å². The molecule has 3 aromatic carbocycles. The van der Waals surface area contributed by atoms with Gasteiger partial charge in [-0.3, -0.25) is 0 Å². The van der Waals surface area contributed by atoms with Gasteiger partial charge in [-0.05, 0) is 57.4 Å². The third-order valence-electron chi connectivity index (χ3n) is 4.80. The van der Waals surface area contributed by atoms with Gasteiger partial charge in [-0.25, -0.2) is 4.39 Å². The Morgan fingerprint density at radius 2 is 1.38 bits per heavy atom. The number of rotatable bonds is 1. The molecule has 1 nitrogen and oxygen atoms in total. The molecule has 1 aliphatic heterocycles. The first-order valence-electron chi connectivity index (χ1n) is 7.94. The van der Waals surface area contributed by atoms with Crippen molar-refractivity contribution >= 4 is 33.0 Å². The van der Waals surface area contributed by atoms with Crippen molar-refractivity contribution in [3.63, 3.8) is 0 Å². The number of anilines is 3. The lowest BCUT2D eigenvalue weighted by molar-refractivity contribution is 0.619. The van der Waals surface area contributed by atoms with Crippen LogP contribution in [0.1, 0.15) is 25.0 Å². The van der Waals surface area contributed by atoms with Crippen LogP contribution in [0.25, 0.3) is 0 Å². The van der Waals surface area contributed by atoms with Crippen LogP contribution in [0.5, 0.6) is 0 Å². The van der Waals surface area contributed by atoms with Gasteiger partial charge in [0.1, 0.15) is 5.82 Å². The average molecular weight is 382 g/mol. The average Bonchev–Trinajstić information content (AvgIpc) is 2.58. The van der Waals surface area contributed by atoms with E-state index in [0.29, 0.717) is 4.47 Å². The van der Waals surface area contributed by atoms with Crippen molar-refractivity contribution in [2.75, 3.05) is 4.90 Å². The Bertz CT molecular complexity index is 883. The number of fused-ring (bicyclic) bond motifs is 2. The Morgan fingerprint density at radius 1 is 0.833 bits per heavy atom. The zero-order valence-corrected chi connectivity index (χ0v) is 15.1. The van der Waals surface area contributed by atoms with E-state index in [4.69, 9.17) is 0 Å². The molecule has 0 saturated heterocycles. The molecule has 3 heteroatoms. The van der Waals surface area contributed by atoms with E-state index in [9.17, 15) is 4.39 Å². The summed E-state index contributed by atoms with van der Waals surface area (Å²) < 4.78 is 14.6. The highest BCUT2D eigenvalue weighted by Crippen LogP contribution is 2.51. The monoisotopic (exact) mass is 381 g/mol. The third kappa shape index (κ3) is 2.19. The van der Waals surface area contributed by atoms with E-state index >= 15 is 0 Å². The summed E-state index contributed by atoms with van der Waals surface area (Å²) in [5, 5.41) is 0. The fraction of sp³-hybridized carbons (Fsp3) is 0.143. The van der Waals surface area contributed by atoms with Crippen molar-refractivity contribution in [3.8, 4) is 0 Å². The Morgan fingerprint density at radius 3 is 1.92 bits per heavy atom. The molecule has 0 amide bonds. The maximum atomic E-state index is 14.2. The normalized spacial score (nSPS) is 14.9. The lowest BCUT2D eigenvalue weighted by atomic mass is 9.73. The van der Waals surface area contributed by atoms with Gasteiger partial charge in [0.2, 0.25) is 0 Å². The van der Waals surface area contributed by atoms with Crippen LogP contribution in [0.2, 0.25) is 0 Å². The maximum Gasteiger partial charge on any atom is 0.139 e. The molecule has 1 aliphatic rings. The summed E-state index contributed by atoms with van der Waals surface area (Å²) in [4.78, 5) is 2.14. The highest BCUT2D eigenvalue weighted by molar-refractivity contribution is 9.10. The van der Waals surface area contributed by atoms with Gasteiger partial charge in [-0.1, -0.05) is 50.2 Å². The Hall–Kier alpha value is -2.13. The fourth-order valence-corrected chi connectivity index (χ4v) is 3.82.